The van der Waals surface area contributed by atoms with Crippen LogP contribution in [0.2, 0.25) is 0 Å². The zero-order valence-electron chi connectivity index (χ0n) is 34.2. The Labute approximate surface area is 330 Å². The van der Waals surface area contributed by atoms with Crippen molar-refractivity contribution >= 4 is 18.0 Å². The SMILES string of the molecule is CC(C)CCC[C@@H](C)[C@H]1CCC2C3CC=C4CC(OC(=O)CCNC(=O)CCNC(=O)OCC5c6ccccc6-c6ccccc65)CC[C@]4(C)C3CC[C@@]21C. The second-order valence-electron chi connectivity index (χ2n) is 18.7. The van der Waals surface area contributed by atoms with E-state index in [2.05, 4.69) is 75.6 Å². The number of carbonyl (C=O) groups is 3. The fourth-order valence-corrected chi connectivity index (χ4v) is 12.3. The molecule has 2 aromatic rings. The number of hydrogen-bond donors (Lipinski definition) is 2. The van der Waals surface area contributed by atoms with Gasteiger partial charge in [-0.1, -0.05) is 114 Å². The Morgan fingerprint density at radius 1 is 0.818 bits per heavy atom. The lowest BCUT2D eigenvalue weighted by molar-refractivity contribution is -0.151. The van der Waals surface area contributed by atoms with Gasteiger partial charge in [-0.05, 0) is 114 Å². The van der Waals surface area contributed by atoms with Crippen molar-refractivity contribution in [2.24, 2.45) is 46.3 Å². The van der Waals surface area contributed by atoms with Crippen molar-refractivity contribution in [1.29, 1.82) is 0 Å². The van der Waals surface area contributed by atoms with E-state index in [9.17, 15) is 14.4 Å². The van der Waals surface area contributed by atoms with Gasteiger partial charge in [-0.25, -0.2) is 4.79 Å². The summed E-state index contributed by atoms with van der Waals surface area (Å²) in [7, 11) is 0. The van der Waals surface area contributed by atoms with Gasteiger partial charge in [0.05, 0.1) is 6.42 Å². The Balaban J connectivity index is 0.804. The number of alkyl carbamates (subject to hydrolysis) is 1. The molecule has 0 aromatic heterocycles. The standard InChI is InChI=1S/C48H66N2O5/c1-31(2)11-10-12-32(3)41-19-20-42-39-18-17-33-29-34(21-25-47(33,4)43(39)22-26-48(41,42)5)55-45(52)24-28-49-44(51)23-27-50-46(53)54-30-40-37-15-8-6-13-35(37)36-14-7-9-16-38(36)40/h6-9,13-17,31-32,34,39-43H,10-12,18-30H2,1-5H3,(H,49,51)(H,50,53)/t32-,34?,39?,41-,42?,43?,47+,48-/m1/s1. The molecule has 298 valence electrons. The zero-order valence-corrected chi connectivity index (χ0v) is 34.2. The summed E-state index contributed by atoms with van der Waals surface area (Å²) in [4.78, 5) is 37.8. The first-order valence-electron chi connectivity index (χ1n) is 21.7. The minimum Gasteiger partial charge on any atom is -0.462 e. The molecule has 3 saturated carbocycles. The summed E-state index contributed by atoms with van der Waals surface area (Å²) in [6.07, 6.45) is 15.8. The maximum Gasteiger partial charge on any atom is 0.407 e. The number of benzene rings is 2. The Kier molecular flexibility index (Phi) is 12.1. The summed E-state index contributed by atoms with van der Waals surface area (Å²) in [5, 5.41) is 5.50. The lowest BCUT2D eigenvalue weighted by Gasteiger charge is -2.58. The molecule has 0 radical (unpaired) electrons. The smallest absolute Gasteiger partial charge is 0.407 e. The number of rotatable bonds is 14. The first-order valence-corrected chi connectivity index (χ1v) is 21.7. The Bertz CT molecular complexity index is 1690. The molecular formula is C48H66N2O5. The topological polar surface area (TPSA) is 93.7 Å². The molecule has 2 N–H and O–H groups in total. The number of ether oxygens (including phenoxy) is 2. The number of nitrogens with one attached hydrogen (secondary N) is 2. The second kappa shape index (κ2) is 16.9. The molecule has 0 spiro atoms. The van der Waals surface area contributed by atoms with Gasteiger partial charge in [0.15, 0.2) is 0 Å². The van der Waals surface area contributed by atoms with E-state index in [1.54, 1.807) is 0 Å². The fraction of sp³-hybridized carbons (Fsp3) is 0.646. The van der Waals surface area contributed by atoms with Crippen molar-refractivity contribution in [3.63, 3.8) is 0 Å². The highest BCUT2D eigenvalue weighted by Gasteiger charge is 2.59. The van der Waals surface area contributed by atoms with Crippen LogP contribution in [0.15, 0.2) is 60.2 Å². The molecule has 55 heavy (non-hydrogen) atoms. The first kappa shape index (κ1) is 39.6. The van der Waals surface area contributed by atoms with Gasteiger partial charge in [0.2, 0.25) is 5.91 Å². The van der Waals surface area contributed by atoms with Gasteiger partial charge >= 0.3 is 12.1 Å². The number of amides is 2. The van der Waals surface area contributed by atoms with E-state index < -0.39 is 6.09 Å². The zero-order chi connectivity index (χ0) is 38.7. The van der Waals surface area contributed by atoms with Crippen molar-refractivity contribution in [1.82, 2.24) is 10.6 Å². The van der Waals surface area contributed by atoms with Gasteiger partial charge in [0, 0.05) is 31.8 Å². The van der Waals surface area contributed by atoms with Crippen LogP contribution in [0, 0.1) is 46.3 Å². The number of hydrogen-bond acceptors (Lipinski definition) is 5. The minimum absolute atomic E-state index is 0.0159. The van der Waals surface area contributed by atoms with Crippen LogP contribution in [0.3, 0.4) is 0 Å². The van der Waals surface area contributed by atoms with E-state index in [1.807, 2.05) is 24.3 Å². The predicted octanol–water partition coefficient (Wildman–Crippen LogP) is 10.4. The summed E-state index contributed by atoms with van der Waals surface area (Å²) >= 11 is 0. The Morgan fingerprint density at radius 3 is 2.25 bits per heavy atom. The third kappa shape index (κ3) is 8.28. The normalized spacial score (nSPS) is 29.9. The summed E-state index contributed by atoms with van der Waals surface area (Å²) < 4.78 is 11.6. The largest absolute Gasteiger partial charge is 0.462 e. The predicted molar refractivity (Wildman–Crippen MR) is 218 cm³/mol. The van der Waals surface area contributed by atoms with Gasteiger partial charge < -0.3 is 20.1 Å². The number of allylic oxidation sites excluding steroid dienone is 1. The van der Waals surface area contributed by atoms with Gasteiger partial charge in [0.25, 0.3) is 0 Å². The van der Waals surface area contributed by atoms with E-state index in [0.29, 0.717) is 5.41 Å². The van der Waals surface area contributed by atoms with Crippen LogP contribution in [-0.4, -0.2) is 43.8 Å². The number of carbonyl (C=O) groups excluding carboxylic acids is 3. The highest BCUT2D eigenvalue weighted by molar-refractivity contribution is 5.79. The van der Waals surface area contributed by atoms with Crippen LogP contribution in [-0.2, 0) is 19.1 Å². The van der Waals surface area contributed by atoms with Crippen LogP contribution in [0.4, 0.5) is 4.79 Å². The second-order valence-corrected chi connectivity index (χ2v) is 18.7. The molecule has 5 aliphatic rings. The van der Waals surface area contributed by atoms with Crippen molar-refractivity contribution < 1.29 is 23.9 Å². The molecule has 7 nitrogen and oxygen atoms in total. The third-order valence-electron chi connectivity index (χ3n) is 15.2. The van der Waals surface area contributed by atoms with Gasteiger partial charge in [-0.15, -0.1) is 0 Å². The molecule has 5 aliphatic carbocycles. The maximum atomic E-state index is 12.9. The van der Waals surface area contributed by atoms with Crippen LogP contribution in [0.1, 0.15) is 135 Å². The molecule has 0 aliphatic heterocycles. The monoisotopic (exact) mass is 750 g/mol. The average Bonchev–Trinajstić information content (AvgIpc) is 3.68. The van der Waals surface area contributed by atoms with Crippen LogP contribution >= 0.6 is 0 Å². The summed E-state index contributed by atoms with van der Waals surface area (Å²) in [6.45, 7) is 13.0. The lowest BCUT2D eigenvalue weighted by atomic mass is 9.47. The quantitative estimate of drug-likeness (QED) is 0.148. The molecular weight excluding hydrogens is 685 g/mol. The van der Waals surface area contributed by atoms with Crippen molar-refractivity contribution in [2.75, 3.05) is 19.7 Å². The Hall–Kier alpha value is -3.61. The van der Waals surface area contributed by atoms with E-state index in [1.165, 1.54) is 68.1 Å². The van der Waals surface area contributed by atoms with E-state index in [4.69, 9.17) is 9.47 Å². The molecule has 0 saturated heterocycles. The highest BCUT2D eigenvalue weighted by atomic mass is 16.5. The van der Waals surface area contributed by atoms with E-state index >= 15 is 0 Å². The molecule has 8 atom stereocenters. The number of esters is 1. The van der Waals surface area contributed by atoms with Crippen molar-refractivity contribution in [3.8, 4) is 11.1 Å². The fourth-order valence-electron chi connectivity index (χ4n) is 12.3. The van der Waals surface area contributed by atoms with Crippen molar-refractivity contribution in [2.45, 2.75) is 130 Å². The van der Waals surface area contributed by atoms with Crippen LogP contribution in [0.25, 0.3) is 11.1 Å². The molecule has 3 fully saturated rings. The van der Waals surface area contributed by atoms with Crippen LogP contribution in [0.5, 0.6) is 0 Å². The summed E-state index contributed by atoms with van der Waals surface area (Å²) in [5.41, 5.74) is 6.89. The van der Waals surface area contributed by atoms with E-state index in [0.717, 1.165) is 65.9 Å². The molecule has 4 unspecified atom stereocenters. The highest BCUT2D eigenvalue weighted by Crippen LogP contribution is 2.67. The Morgan fingerprint density at radius 2 is 1.53 bits per heavy atom. The molecule has 2 amide bonds. The van der Waals surface area contributed by atoms with E-state index in [-0.39, 0.29) is 61.9 Å². The third-order valence-corrected chi connectivity index (χ3v) is 15.2. The number of fused-ring (bicyclic) bond motifs is 8. The van der Waals surface area contributed by atoms with Gasteiger partial charge in [-0.3, -0.25) is 9.59 Å². The molecule has 0 heterocycles. The lowest BCUT2D eigenvalue weighted by Crippen LogP contribution is -2.51. The van der Waals surface area contributed by atoms with Gasteiger partial charge in [-0.2, -0.15) is 0 Å². The van der Waals surface area contributed by atoms with Crippen LogP contribution < -0.4 is 10.6 Å². The molecule has 7 heteroatoms. The molecule has 0 bridgehead atoms. The van der Waals surface area contributed by atoms with Gasteiger partial charge in [0.1, 0.15) is 12.7 Å². The minimum atomic E-state index is -0.544. The maximum absolute atomic E-state index is 12.9. The first-order chi connectivity index (χ1) is 26.5. The molecule has 2 aromatic carbocycles. The average molecular weight is 751 g/mol. The summed E-state index contributed by atoms with van der Waals surface area (Å²) in [5.74, 6) is 4.38. The van der Waals surface area contributed by atoms with Crippen molar-refractivity contribution in [3.05, 3.63) is 71.3 Å². The summed E-state index contributed by atoms with van der Waals surface area (Å²) in [6, 6.07) is 16.4. The molecule has 7 rings (SSSR count).